The topological polar surface area (TPSA) is 77.8 Å². The second-order valence-corrected chi connectivity index (χ2v) is 3.56. The highest BCUT2D eigenvalue weighted by atomic mass is 14.9. The maximum atomic E-state index is 5.68. The van der Waals surface area contributed by atoms with E-state index in [1.165, 1.54) is 0 Å². The van der Waals surface area contributed by atoms with E-state index >= 15 is 0 Å². The molecule has 4 nitrogen and oxygen atoms in total. The summed E-state index contributed by atoms with van der Waals surface area (Å²) in [7, 11) is 0. The minimum atomic E-state index is 0.368. The Morgan fingerprint density at radius 2 is 2.00 bits per heavy atom. The molecule has 0 aliphatic heterocycles. The van der Waals surface area contributed by atoms with Crippen molar-refractivity contribution < 1.29 is 0 Å². The molecule has 0 radical (unpaired) electrons. The molecule has 0 atom stereocenters. The molecule has 2 rings (SSSR count). The molecule has 0 bridgehead atoms. The second kappa shape index (κ2) is 4.18. The maximum absolute atomic E-state index is 5.68. The Balaban J connectivity index is 2.46. The number of nitrogens with zero attached hydrogens (tertiary/aromatic N) is 2. The quantitative estimate of drug-likeness (QED) is 0.800. The van der Waals surface area contributed by atoms with Crippen LogP contribution in [0.4, 0.5) is 11.5 Å². The fraction of sp³-hybridized carbons (Fsp3) is 0.167. The first-order valence-corrected chi connectivity index (χ1v) is 5.18. The van der Waals surface area contributed by atoms with E-state index in [9.17, 15) is 0 Å². The van der Waals surface area contributed by atoms with Gasteiger partial charge in [0.25, 0.3) is 0 Å². The lowest BCUT2D eigenvalue weighted by atomic mass is 10.1. The molecule has 2 aromatic heterocycles. The van der Waals surface area contributed by atoms with Gasteiger partial charge in [-0.1, -0.05) is 6.92 Å². The van der Waals surface area contributed by atoms with Gasteiger partial charge in [-0.15, -0.1) is 0 Å². The number of rotatable bonds is 2. The molecule has 0 aliphatic rings. The summed E-state index contributed by atoms with van der Waals surface area (Å²) in [5.74, 6) is 0.368. The monoisotopic (exact) mass is 214 g/mol. The number of pyridine rings is 2. The third-order valence-corrected chi connectivity index (χ3v) is 2.43. The Labute approximate surface area is 94.3 Å². The Bertz CT molecular complexity index is 508. The van der Waals surface area contributed by atoms with Crippen molar-refractivity contribution in [3.63, 3.8) is 0 Å². The second-order valence-electron chi connectivity index (χ2n) is 3.56. The smallest absolute Gasteiger partial charge is 0.147 e. The lowest BCUT2D eigenvalue weighted by Gasteiger charge is -2.05. The summed E-state index contributed by atoms with van der Waals surface area (Å²) in [6.07, 6.45) is 2.68. The molecule has 0 spiro atoms. The van der Waals surface area contributed by atoms with Gasteiger partial charge in [0.15, 0.2) is 0 Å². The molecule has 82 valence electrons. The zero-order valence-corrected chi connectivity index (χ0v) is 9.14. The first-order chi connectivity index (χ1) is 7.70. The summed E-state index contributed by atoms with van der Waals surface area (Å²) in [5, 5.41) is 0. The summed E-state index contributed by atoms with van der Waals surface area (Å²) in [6.45, 7) is 2.07. The number of hydrogen-bond donors (Lipinski definition) is 2. The molecule has 4 heteroatoms. The average molecular weight is 214 g/mol. The van der Waals surface area contributed by atoms with Crippen LogP contribution in [0.1, 0.15) is 12.6 Å². The molecule has 0 aromatic carbocycles. The SMILES string of the molecule is CCc1cc(-c2ccc(N)c(N)n2)ccn1. The van der Waals surface area contributed by atoms with Gasteiger partial charge in [-0.05, 0) is 30.7 Å². The van der Waals surface area contributed by atoms with Crippen LogP contribution in [0.2, 0.25) is 0 Å². The first-order valence-electron chi connectivity index (χ1n) is 5.18. The number of hydrogen-bond acceptors (Lipinski definition) is 4. The van der Waals surface area contributed by atoms with Crippen LogP contribution in [-0.2, 0) is 6.42 Å². The summed E-state index contributed by atoms with van der Waals surface area (Å²) >= 11 is 0. The van der Waals surface area contributed by atoms with E-state index in [1.807, 2.05) is 18.2 Å². The van der Waals surface area contributed by atoms with E-state index in [0.29, 0.717) is 11.5 Å². The molecular formula is C12H14N4. The highest BCUT2D eigenvalue weighted by molar-refractivity contribution is 5.67. The molecular weight excluding hydrogens is 200 g/mol. The third kappa shape index (κ3) is 1.95. The van der Waals surface area contributed by atoms with Crippen LogP contribution in [0.15, 0.2) is 30.5 Å². The summed E-state index contributed by atoms with van der Waals surface area (Å²) < 4.78 is 0. The van der Waals surface area contributed by atoms with Crippen molar-refractivity contribution in [2.24, 2.45) is 0 Å². The van der Waals surface area contributed by atoms with E-state index in [1.54, 1.807) is 12.3 Å². The van der Waals surface area contributed by atoms with Crippen molar-refractivity contribution >= 4 is 11.5 Å². The predicted octanol–water partition coefficient (Wildman–Crippen LogP) is 1.87. The van der Waals surface area contributed by atoms with Gasteiger partial charge >= 0.3 is 0 Å². The summed E-state index contributed by atoms with van der Waals surface area (Å²) in [4.78, 5) is 8.48. The van der Waals surface area contributed by atoms with Crippen LogP contribution in [0.25, 0.3) is 11.3 Å². The van der Waals surface area contributed by atoms with Crippen molar-refractivity contribution in [2.45, 2.75) is 13.3 Å². The van der Waals surface area contributed by atoms with Gasteiger partial charge in [0, 0.05) is 17.5 Å². The zero-order chi connectivity index (χ0) is 11.5. The lowest BCUT2D eigenvalue weighted by molar-refractivity contribution is 1.04. The Hall–Kier alpha value is -2.10. The molecule has 16 heavy (non-hydrogen) atoms. The largest absolute Gasteiger partial charge is 0.396 e. The Morgan fingerprint density at radius 3 is 2.69 bits per heavy atom. The molecule has 0 saturated carbocycles. The van der Waals surface area contributed by atoms with Gasteiger partial charge in [-0.2, -0.15) is 0 Å². The van der Waals surface area contributed by atoms with Crippen molar-refractivity contribution in [2.75, 3.05) is 11.5 Å². The fourth-order valence-corrected chi connectivity index (χ4v) is 1.48. The Morgan fingerprint density at radius 1 is 1.19 bits per heavy atom. The average Bonchev–Trinajstić information content (AvgIpc) is 2.33. The summed E-state index contributed by atoms with van der Waals surface area (Å²) in [6, 6.07) is 7.55. The predicted molar refractivity (Wildman–Crippen MR) is 65.7 cm³/mol. The van der Waals surface area contributed by atoms with Gasteiger partial charge in [0.2, 0.25) is 0 Å². The molecule has 0 aliphatic carbocycles. The van der Waals surface area contributed by atoms with Gasteiger partial charge in [0.1, 0.15) is 5.82 Å². The standard InChI is InChI=1S/C12H14N4/c1-2-9-7-8(5-6-15-9)11-4-3-10(13)12(14)16-11/h3-7H,2,13H2,1H3,(H2,14,16). The normalized spacial score (nSPS) is 10.3. The van der Waals surface area contributed by atoms with Crippen LogP contribution in [0.5, 0.6) is 0 Å². The first kappa shape index (κ1) is 10.4. The lowest BCUT2D eigenvalue weighted by Crippen LogP contribution is -1.99. The molecule has 2 heterocycles. The maximum Gasteiger partial charge on any atom is 0.147 e. The van der Waals surface area contributed by atoms with Crippen LogP contribution in [-0.4, -0.2) is 9.97 Å². The van der Waals surface area contributed by atoms with E-state index in [-0.39, 0.29) is 0 Å². The summed E-state index contributed by atoms with van der Waals surface area (Å²) in [5.41, 5.74) is 14.7. The van der Waals surface area contributed by atoms with Gasteiger partial charge in [-0.25, -0.2) is 4.98 Å². The van der Waals surface area contributed by atoms with E-state index in [0.717, 1.165) is 23.4 Å². The van der Waals surface area contributed by atoms with Gasteiger partial charge in [0.05, 0.1) is 11.4 Å². The van der Waals surface area contributed by atoms with Crippen molar-refractivity contribution in [1.82, 2.24) is 9.97 Å². The molecule has 2 aromatic rings. The van der Waals surface area contributed by atoms with Crippen LogP contribution >= 0.6 is 0 Å². The van der Waals surface area contributed by atoms with Gasteiger partial charge < -0.3 is 11.5 Å². The van der Waals surface area contributed by atoms with Crippen LogP contribution in [0, 0.1) is 0 Å². The number of aromatic nitrogens is 2. The van der Waals surface area contributed by atoms with Crippen LogP contribution in [0.3, 0.4) is 0 Å². The molecule has 0 unspecified atom stereocenters. The Kier molecular flexibility index (Phi) is 2.72. The highest BCUT2D eigenvalue weighted by Crippen LogP contribution is 2.21. The molecule has 4 N–H and O–H groups in total. The number of nitrogens with two attached hydrogens (primary N) is 2. The van der Waals surface area contributed by atoms with E-state index < -0.39 is 0 Å². The molecule has 0 fully saturated rings. The minimum Gasteiger partial charge on any atom is -0.396 e. The highest BCUT2D eigenvalue weighted by Gasteiger charge is 2.03. The van der Waals surface area contributed by atoms with Crippen molar-refractivity contribution in [1.29, 1.82) is 0 Å². The molecule has 0 amide bonds. The third-order valence-electron chi connectivity index (χ3n) is 2.43. The number of aryl methyl sites for hydroxylation is 1. The number of nitrogen functional groups attached to an aromatic ring is 2. The van der Waals surface area contributed by atoms with Gasteiger partial charge in [-0.3, -0.25) is 4.98 Å². The van der Waals surface area contributed by atoms with Crippen LogP contribution < -0.4 is 11.5 Å². The number of anilines is 2. The van der Waals surface area contributed by atoms with E-state index in [2.05, 4.69) is 16.9 Å². The van der Waals surface area contributed by atoms with E-state index in [4.69, 9.17) is 11.5 Å². The molecule has 0 saturated heterocycles. The fourth-order valence-electron chi connectivity index (χ4n) is 1.48. The minimum absolute atomic E-state index is 0.368. The zero-order valence-electron chi connectivity index (χ0n) is 9.14. The van der Waals surface area contributed by atoms with Crippen molar-refractivity contribution in [3.8, 4) is 11.3 Å². The van der Waals surface area contributed by atoms with Crippen molar-refractivity contribution in [3.05, 3.63) is 36.2 Å².